The van der Waals surface area contributed by atoms with Crippen LogP contribution in [0.15, 0.2) is 0 Å². The Hall–Kier alpha value is -0.640. The van der Waals surface area contributed by atoms with Crippen molar-refractivity contribution in [2.24, 2.45) is 0 Å². The van der Waals surface area contributed by atoms with Gasteiger partial charge in [0.25, 0.3) is 0 Å². The zero-order valence-electron chi connectivity index (χ0n) is 33.0. The number of carbonyl (C=O) groups excluding carboxylic acids is 6. The van der Waals surface area contributed by atoms with Gasteiger partial charge in [0.05, 0.1) is 37.6 Å². The van der Waals surface area contributed by atoms with Crippen molar-refractivity contribution in [2.45, 2.75) is 73.8 Å². The van der Waals surface area contributed by atoms with Crippen molar-refractivity contribution in [2.75, 3.05) is 0 Å². The fourth-order valence-corrected chi connectivity index (χ4v) is 2.80. The normalized spacial score (nSPS) is 9.25. The minimum atomic E-state index is -2.97. The second kappa shape index (κ2) is 44.6. The van der Waals surface area contributed by atoms with E-state index < -0.39 is 145 Å². The van der Waals surface area contributed by atoms with E-state index in [0.717, 1.165) is 0 Å². The molecule has 0 heterocycles. The van der Waals surface area contributed by atoms with Crippen molar-refractivity contribution >= 4 is 71.6 Å². The predicted molar refractivity (Wildman–Crippen MR) is 143 cm³/mol. The van der Waals surface area contributed by atoms with Crippen molar-refractivity contribution in [3.63, 3.8) is 0 Å². The molecule has 0 radical (unpaired) electrons. The quantitative estimate of drug-likeness (QED) is 0.0507. The number of aliphatic carboxylic acids is 12. The summed E-state index contributed by atoms with van der Waals surface area (Å²) in [6.45, 7) is 0. The Kier molecular flexibility index (Phi) is 69.3. The molecule has 320 valence electrons. The number of aliphatic hydroxyl groups is 4. The molecule has 0 bridgehead atoms. The van der Waals surface area contributed by atoms with Crippen LogP contribution < -0.4 is 208 Å². The van der Waals surface area contributed by atoms with Crippen LogP contribution in [0.4, 0.5) is 0 Å². The maximum absolute atomic E-state index is 10.3. The molecular weight excluding hydrogens is 922 g/mol. The molecule has 0 amide bonds. The minimum absolute atomic E-state index is 0. The molecule has 0 aliphatic carbocycles. The Morgan fingerprint density at radius 3 is 0.492 bits per heavy atom. The molecule has 0 rings (SSSR count). The van der Waals surface area contributed by atoms with E-state index in [1.165, 1.54) is 0 Å². The van der Waals surface area contributed by atoms with Crippen molar-refractivity contribution in [3.05, 3.63) is 0 Å². The third kappa shape index (κ3) is 48.6. The molecule has 0 aromatic carbocycles. The third-order valence-corrected chi connectivity index (χ3v) is 5.08. The van der Waals surface area contributed by atoms with E-state index in [-0.39, 0.29) is 194 Å². The second-order valence-corrected chi connectivity index (χ2v) is 9.79. The molecule has 0 aromatic heterocycles. The minimum Gasteiger partial charge on any atom is -0.550 e. The second-order valence-electron chi connectivity index (χ2n) is 9.79. The van der Waals surface area contributed by atoms with Crippen LogP contribution >= 0.6 is 0 Å². The first kappa shape index (κ1) is 94.8. The Morgan fingerprint density at radius 2 is 0.426 bits per heavy atom. The molecule has 0 atom stereocenters. The van der Waals surface area contributed by atoms with Gasteiger partial charge in [0.1, 0.15) is 11.2 Å². The number of carbonyl (C=O) groups is 12. The summed E-state index contributed by atoms with van der Waals surface area (Å²) in [6.07, 6.45) is -10.0. The van der Waals surface area contributed by atoms with Gasteiger partial charge < -0.3 is 127 Å². The van der Waals surface area contributed by atoms with E-state index in [1.807, 2.05) is 0 Å². The van der Waals surface area contributed by atoms with Crippen molar-refractivity contribution in [1.82, 2.24) is 0 Å². The van der Waals surface area contributed by atoms with E-state index >= 15 is 0 Å². The van der Waals surface area contributed by atoms with Crippen LogP contribution in [0.3, 0.4) is 0 Å². The third-order valence-electron chi connectivity index (χ3n) is 5.08. The van der Waals surface area contributed by atoms with Gasteiger partial charge >= 0.3 is 213 Å². The van der Waals surface area contributed by atoms with Gasteiger partial charge in [-0.3, -0.25) is 19.2 Å². The molecule has 0 spiro atoms. The van der Waals surface area contributed by atoms with Gasteiger partial charge in [-0.05, 0) is 0 Å². The molecule has 0 fully saturated rings. The molecule has 31 nitrogen and oxygen atoms in total. The summed E-state index contributed by atoms with van der Waals surface area (Å²) in [4.78, 5) is 121. The summed E-state index contributed by atoms with van der Waals surface area (Å²) in [6, 6.07) is 0. The number of rotatable bonds is 20. The number of carboxylic acid groups (broad SMARTS) is 12. The van der Waals surface area contributed by atoms with Crippen LogP contribution in [0.5, 0.6) is 0 Å². The first-order valence-electron chi connectivity index (χ1n) is 12.6. The Labute approximate surface area is 472 Å². The van der Waals surface area contributed by atoms with Gasteiger partial charge in [0.2, 0.25) is 0 Å². The fourth-order valence-electron chi connectivity index (χ4n) is 2.80. The molecule has 0 saturated heterocycles. The SMILES string of the molecule is O.O.O.O=C(O)CC(O)(CC(=O)O)C(=O)O.O=C(O)CC(O)(CC(=O)O)C(=O)O.O=C([O-])CC(O)(CC(=O)[O-])C(=O)[O-].O=C([O-])CC(O)(CC(=O)[O-])C(=O)[O-].[Na+].[Na+].[Na+].[Na+].[Na+].[Na+]. The molecule has 0 aromatic rings. The fraction of sp³-hybridized carbons (Fsp3) is 0.500. The van der Waals surface area contributed by atoms with Crippen molar-refractivity contribution in [3.8, 4) is 0 Å². The van der Waals surface area contributed by atoms with Crippen LogP contribution in [0.2, 0.25) is 0 Å². The van der Waals surface area contributed by atoms with Crippen LogP contribution in [0.1, 0.15) is 51.4 Å². The molecule has 0 aliphatic heterocycles. The van der Waals surface area contributed by atoms with E-state index in [1.54, 1.807) is 0 Å². The summed E-state index contributed by atoms with van der Waals surface area (Å²) >= 11 is 0. The maximum atomic E-state index is 10.3. The van der Waals surface area contributed by atoms with Crippen LogP contribution in [0.25, 0.3) is 0 Å². The number of carboxylic acids is 12. The first-order valence-corrected chi connectivity index (χ1v) is 12.6. The van der Waals surface area contributed by atoms with E-state index in [2.05, 4.69) is 0 Å². The van der Waals surface area contributed by atoms with Gasteiger partial charge in [-0.15, -0.1) is 0 Å². The van der Waals surface area contributed by atoms with Crippen LogP contribution in [-0.2, 0) is 57.5 Å². The standard InChI is InChI=1S/4C6H8O7.6Na.3H2O/c4*7-3(8)1-6(13,5(11)12)2-4(9)10;;;;;;;;;/h4*13H,1-2H2,(H,7,8)(H,9,10)(H,11,12);;;;;;;3*1H2/q;;;;6*+1;;;/p-6. The summed E-state index contributed by atoms with van der Waals surface area (Å²) in [5, 5.41) is 145. The molecule has 0 aliphatic rings. The van der Waals surface area contributed by atoms with Gasteiger partial charge in [-0.2, -0.15) is 0 Å². The van der Waals surface area contributed by atoms with E-state index in [0.29, 0.717) is 0 Å². The number of hydrogen-bond acceptors (Lipinski definition) is 22. The van der Waals surface area contributed by atoms with Crippen molar-refractivity contribution in [1.29, 1.82) is 0 Å². The summed E-state index contributed by atoms with van der Waals surface area (Å²) in [7, 11) is 0. The van der Waals surface area contributed by atoms with E-state index in [9.17, 15) is 88.2 Å². The molecule has 0 unspecified atom stereocenters. The summed E-state index contributed by atoms with van der Waals surface area (Å²) in [5.41, 5.74) is -11.4. The largest absolute Gasteiger partial charge is 1.00 e. The Balaban J connectivity index is -0.0000000436. The van der Waals surface area contributed by atoms with Gasteiger partial charge in [-0.25, -0.2) is 9.59 Å². The predicted octanol–water partition coefficient (Wildman–Crippen LogP) is -33.5. The first-order chi connectivity index (χ1) is 23.1. The molecule has 16 N–H and O–H groups in total. The van der Waals surface area contributed by atoms with Crippen molar-refractivity contribution < 1.29 is 333 Å². The zero-order valence-corrected chi connectivity index (χ0v) is 45.0. The molecule has 0 saturated carbocycles. The Bertz CT molecular complexity index is 1150. The van der Waals surface area contributed by atoms with E-state index in [4.69, 9.17) is 51.1 Å². The number of hydrogen-bond donors (Lipinski definition) is 10. The summed E-state index contributed by atoms with van der Waals surface area (Å²) < 4.78 is 0. The monoisotopic (exact) mass is 954 g/mol. The van der Waals surface area contributed by atoms with Gasteiger partial charge in [0.15, 0.2) is 11.2 Å². The maximum Gasteiger partial charge on any atom is 1.00 e. The smallest absolute Gasteiger partial charge is 0.550 e. The zero-order chi connectivity index (χ0) is 42.6. The van der Waals surface area contributed by atoms with Crippen LogP contribution in [0, 0.1) is 0 Å². The molecule has 37 heteroatoms. The molecular formula is C24H32Na6O31. The average molecular weight is 954 g/mol. The average Bonchev–Trinajstić information content (AvgIpc) is 2.85. The van der Waals surface area contributed by atoms with Gasteiger partial charge in [0, 0.05) is 49.6 Å². The van der Waals surface area contributed by atoms with Gasteiger partial charge in [-0.1, -0.05) is 0 Å². The molecule has 61 heavy (non-hydrogen) atoms. The summed E-state index contributed by atoms with van der Waals surface area (Å²) in [5.74, 6) is -22.0. The topological polar surface area (TPSA) is 640 Å². The van der Waals surface area contributed by atoms with Crippen LogP contribution in [-0.4, -0.2) is 162 Å². The Morgan fingerprint density at radius 1 is 0.295 bits per heavy atom.